The Bertz CT molecular complexity index is 660. The van der Waals surface area contributed by atoms with Crippen molar-refractivity contribution in [2.24, 2.45) is 0 Å². The van der Waals surface area contributed by atoms with Gasteiger partial charge in [0.05, 0.1) is 10.0 Å². The zero-order valence-electron chi connectivity index (χ0n) is 9.96. The lowest BCUT2D eigenvalue weighted by Crippen LogP contribution is -2.16. The van der Waals surface area contributed by atoms with Crippen molar-refractivity contribution in [2.45, 2.75) is 0 Å². The van der Waals surface area contributed by atoms with Crippen molar-refractivity contribution in [3.63, 3.8) is 0 Å². The molecule has 2 N–H and O–H groups in total. The van der Waals surface area contributed by atoms with Gasteiger partial charge in [0.25, 0.3) is 0 Å². The highest BCUT2D eigenvalue weighted by Crippen LogP contribution is 2.23. The third kappa shape index (κ3) is 3.26. The first-order valence-corrected chi connectivity index (χ1v) is 6.18. The summed E-state index contributed by atoms with van der Waals surface area (Å²) in [6.45, 7) is 0. The Balaban J connectivity index is 2.08. The van der Waals surface area contributed by atoms with E-state index in [1.54, 1.807) is 18.2 Å². The first-order valence-electron chi connectivity index (χ1n) is 5.42. The van der Waals surface area contributed by atoms with Crippen LogP contribution < -0.4 is 4.84 Å². The first-order chi connectivity index (χ1) is 9.47. The summed E-state index contributed by atoms with van der Waals surface area (Å²) >= 11 is 11.6. The standard InChI is InChI=1S/C13H9Cl2NO4/c14-9-3-1-8(7-10(9)15)2-6-13(19)20-16-11(17)4-5-12(16)18/h1-7,17-18H. The fourth-order valence-electron chi connectivity index (χ4n) is 1.40. The average molecular weight is 314 g/mol. The molecule has 7 heteroatoms. The number of hydrogen-bond acceptors (Lipinski definition) is 4. The van der Waals surface area contributed by atoms with Gasteiger partial charge in [0.15, 0.2) is 0 Å². The second kappa shape index (κ2) is 5.90. The fourth-order valence-corrected chi connectivity index (χ4v) is 1.70. The van der Waals surface area contributed by atoms with Gasteiger partial charge in [-0.2, -0.15) is 0 Å². The quantitative estimate of drug-likeness (QED) is 0.855. The minimum absolute atomic E-state index is 0.364. The van der Waals surface area contributed by atoms with E-state index in [2.05, 4.69) is 0 Å². The highest BCUT2D eigenvalue weighted by Gasteiger charge is 2.09. The van der Waals surface area contributed by atoms with Crippen molar-refractivity contribution >= 4 is 35.2 Å². The van der Waals surface area contributed by atoms with Crippen LogP contribution in [0.3, 0.4) is 0 Å². The van der Waals surface area contributed by atoms with Crippen LogP contribution >= 0.6 is 23.2 Å². The van der Waals surface area contributed by atoms with Gasteiger partial charge in [0.2, 0.25) is 11.8 Å². The van der Waals surface area contributed by atoms with Gasteiger partial charge in [-0.1, -0.05) is 29.3 Å². The van der Waals surface area contributed by atoms with Crippen LogP contribution in [0.2, 0.25) is 10.0 Å². The molecule has 0 fully saturated rings. The molecule has 1 heterocycles. The summed E-state index contributed by atoms with van der Waals surface area (Å²) in [7, 11) is 0. The van der Waals surface area contributed by atoms with Crippen LogP contribution in [0.5, 0.6) is 11.8 Å². The van der Waals surface area contributed by atoms with E-state index in [9.17, 15) is 15.0 Å². The Hall–Kier alpha value is -2.11. The minimum Gasteiger partial charge on any atom is -0.492 e. The maximum Gasteiger partial charge on any atom is 0.356 e. The van der Waals surface area contributed by atoms with E-state index < -0.39 is 17.7 Å². The molecule has 0 aliphatic carbocycles. The smallest absolute Gasteiger partial charge is 0.356 e. The van der Waals surface area contributed by atoms with Crippen molar-refractivity contribution < 1.29 is 19.8 Å². The number of carbonyl (C=O) groups excluding carboxylic acids is 1. The lowest BCUT2D eigenvalue weighted by molar-refractivity contribution is -0.139. The third-order valence-electron chi connectivity index (χ3n) is 2.33. The van der Waals surface area contributed by atoms with E-state index in [1.165, 1.54) is 18.2 Å². The van der Waals surface area contributed by atoms with Gasteiger partial charge in [-0.15, -0.1) is 4.73 Å². The fraction of sp³-hybridized carbons (Fsp3) is 0. The molecule has 104 valence electrons. The summed E-state index contributed by atoms with van der Waals surface area (Å²) in [6, 6.07) is 7.22. The number of nitrogens with zero attached hydrogens (tertiary/aromatic N) is 1. The number of rotatable bonds is 3. The zero-order chi connectivity index (χ0) is 14.7. The molecule has 5 nitrogen and oxygen atoms in total. The average Bonchev–Trinajstić information content (AvgIpc) is 2.72. The van der Waals surface area contributed by atoms with Crippen LogP contribution in [-0.4, -0.2) is 20.9 Å². The topological polar surface area (TPSA) is 71.7 Å². The molecule has 2 aromatic rings. The van der Waals surface area contributed by atoms with Crippen LogP contribution in [0.1, 0.15) is 5.56 Å². The summed E-state index contributed by atoms with van der Waals surface area (Å²) in [5.74, 6) is -1.56. The van der Waals surface area contributed by atoms with Crippen molar-refractivity contribution in [1.29, 1.82) is 0 Å². The molecule has 0 saturated carbocycles. The molecule has 0 atom stereocenters. The van der Waals surface area contributed by atoms with Crippen LogP contribution in [0, 0.1) is 0 Å². The summed E-state index contributed by atoms with van der Waals surface area (Å²) in [5, 5.41) is 19.4. The van der Waals surface area contributed by atoms with Crippen LogP contribution in [0.25, 0.3) is 6.08 Å². The van der Waals surface area contributed by atoms with E-state index in [-0.39, 0.29) is 0 Å². The van der Waals surface area contributed by atoms with Crippen molar-refractivity contribution in [2.75, 3.05) is 0 Å². The summed E-state index contributed by atoms with van der Waals surface area (Å²) in [6.07, 6.45) is 2.58. The summed E-state index contributed by atoms with van der Waals surface area (Å²) in [4.78, 5) is 16.3. The molecule has 0 saturated heterocycles. The molecule has 20 heavy (non-hydrogen) atoms. The van der Waals surface area contributed by atoms with Gasteiger partial charge in [-0.25, -0.2) is 4.79 Å². The number of carbonyl (C=O) groups is 1. The molecule has 0 bridgehead atoms. The van der Waals surface area contributed by atoms with E-state index in [1.807, 2.05) is 0 Å². The largest absolute Gasteiger partial charge is 0.492 e. The van der Waals surface area contributed by atoms with Gasteiger partial charge >= 0.3 is 5.97 Å². The molecular weight excluding hydrogens is 305 g/mol. The molecule has 1 aromatic carbocycles. The Kier molecular flexibility index (Phi) is 4.22. The lowest BCUT2D eigenvalue weighted by Gasteiger charge is -2.04. The molecule has 0 aliphatic heterocycles. The van der Waals surface area contributed by atoms with Crippen LogP contribution in [0.4, 0.5) is 0 Å². The number of aromatic nitrogens is 1. The molecular formula is C13H9Cl2NO4. The summed E-state index contributed by atoms with van der Waals surface area (Å²) in [5.41, 5.74) is 0.650. The second-order valence-corrected chi connectivity index (χ2v) is 4.58. The van der Waals surface area contributed by atoms with Gasteiger partial charge < -0.3 is 15.1 Å². The molecule has 0 aliphatic rings. The maximum absolute atomic E-state index is 11.5. The molecule has 0 radical (unpaired) electrons. The molecule has 0 spiro atoms. The van der Waals surface area contributed by atoms with E-state index >= 15 is 0 Å². The normalized spacial score (nSPS) is 10.9. The SMILES string of the molecule is O=C(C=Cc1ccc(Cl)c(Cl)c1)On1c(O)ccc1O. The second-order valence-electron chi connectivity index (χ2n) is 3.76. The summed E-state index contributed by atoms with van der Waals surface area (Å²) < 4.78 is 0.599. The Morgan fingerprint density at radius 1 is 1.10 bits per heavy atom. The Labute approximate surface area is 124 Å². The lowest BCUT2D eigenvalue weighted by atomic mass is 10.2. The Morgan fingerprint density at radius 2 is 1.75 bits per heavy atom. The minimum atomic E-state index is -0.780. The van der Waals surface area contributed by atoms with E-state index in [0.29, 0.717) is 20.3 Å². The van der Waals surface area contributed by atoms with Crippen molar-refractivity contribution in [3.05, 3.63) is 52.0 Å². The number of hydrogen-bond donors (Lipinski definition) is 2. The van der Waals surface area contributed by atoms with E-state index in [4.69, 9.17) is 28.0 Å². The number of benzene rings is 1. The molecule has 1 aromatic heterocycles. The van der Waals surface area contributed by atoms with E-state index in [0.717, 1.165) is 6.08 Å². The molecule has 2 rings (SSSR count). The first kappa shape index (κ1) is 14.3. The maximum atomic E-state index is 11.5. The van der Waals surface area contributed by atoms with Crippen LogP contribution in [0.15, 0.2) is 36.4 Å². The van der Waals surface area contributed by atoms with Gasteiger partial charge in [0, 0.05) is 18.2 Å². The highest BCUT2D eigenvalue weighted by molar-refractivity contribution is 6.42. The van der Waals surface area contributed by atoms with Crippen molar-refractivity contribution in [1.82, 2.24) is 4.73 Å². The third-order valence-corrected chi connectivity index (χ3v) is 3.07. The molecule has 0 unspecified atom stereocenters. The zero-order valence-corrected chi connectivity index (χ0v) is 11.5. The van der Waals surface area contributed by atoms with Gasteiger partial charge in [-0.05, 0) is 23.8 Å². The number of halogens is 2. The monoisotopic (exact) mass is 313 g/mol. The predicted molar refractivity (Wildman–Crippen MR) is 74.8 cm³/mol. The highest BCUT2D eigenvalue weighted by atomic mass is 35.5. The molecule has 0 amide bonds. The van der Waals surface area contributed by atoms with Crippen LogP contribution in [-0.2, 0) is 4.79 Å². The van der Waals surface area contributed by atoms with Crippen molar-refractivity contribution in [3.8, 4) is 11.8 Å². The number of aromatic hydroxyl groups is 2. The Morgan fingerprint density at radius 3 is 2.35 bits per heavy atom. The van der Waals surface area contributed by atoms with Gasteiger partial charge in [-0.3, -0.25) is 0 Å². The van der Waals surface area contributed by atoms with Gasteiger partial charge in [0.1, 0.15) is 0 Å². The predicted octanol–water partition coefficient (Wildman–Crippen LogP) is 2.87.